The van der Waals surface area contributed by atoms with Crippen molar-refractivity contribution in [2.24, 2.45) is 5.73 Å². The van der Waals surface area contributed by atoms with Gasteiger partial charge in [-0.25, -0.2) is 4.21 Å². The summed E-state index contributed by atoms with van der Waals surface area (Å²) in [4.78, 5) is 22.5. The highest BCUT2D eigenvalue weighted by Crippen LogP contribution is 2.33. The Bertz CT molecular complexity index is 1770. The number of hydrogen-bond acceptors (Lipinski definition) is 5. The summed E-state index contributed by atoms with van der Waals surface area (Å²) < 4.78 is 20.9. The summed E-state index contributed by atoms with van der Waals surface area (Å²) in [5.74, 6) is 0.158. The van der Waals surface area contributed by atoms with Crippen molar-refractivity contribution in [3.63, 3.8) is 0 Å². The molecular formula is C34H30ClN3O5S. The summed E-state index contributed by atoms with van der Waals surface area (Å²) >= 11 is 5.81. The van der Waals surface area contributed by atoms with Crippen LogP contribution in [0.25, 0.3) is 11.1 Å². The molecule has 0 aliphatic carbocycles. The van der Waals surface area contributed by atoms with Gasteiger partial charge in [-0.3, -0.25) is 9.59 Å². The van der Waals surface area contributed by atoms with Gasteiger partial charge in [0.2, 0.25) is 0 Å². The first-order chi connectivity index (χ1) is 21.2. The van der Waals surface area contributed by atoms with E-state index in [1.807, 2.05) is 78.9 Å². The number of carboxylic acid groups (broad SMARTS) is 1. The molecule has 5 rings (SSSR count). The van der Waals surface area contributed by atoms with E-state index in [0.717, 1.165) is 28.2 Å². The topological polar surface area (TPSA) is 145 Å². The first-order valence-corrected chi connectivity index (χ1v) is 15.0. The molecule has 0 fully saturated rings. The normalized spacial score (nSPS) is 11.0. The average molecular weight is 628 g/mol. The molecule has 0 aliphatic heterocycles. The van der Waals surface area contributed by atoms with Gasteiger partial charge in [-0.15, -0.1) is 0 Å². The number of carboxylic acids is 1. The standard InChI is InChI=1S/C21H18O3.C13H12ClN3O2S/c22-21(23)15-12-16-10-13-17(14-11-16)19-8-4-5-9-20(19)24-18-6-2-1-3-7-18;14-8-4-5-12(11(6-8)13(16)18)17-20(19)10-3-1-2-9(15)7-10/h1-11,13-14H,12,15H2,(H,22,23);1-7,17H,15H2,(H2,16,18). The Morgan fingerprint density at radius 3 is 2.23 bits per heavy atom. The molecule has 8 nitrogen and oxygen atoms in total. The van der Waals surface area contributed by atoms with Crippen molar-refractivity contribution in [1.29, 1.82) is 0 Å². The van der Waals surface area contributed by atoms with Crippen molar-refractivity contribution >= 4 is 45.8 Å². The van der Waals surface area contributed by atoms with E-state index in [1.165, 1.54) is 6.07 Å². The van der Waals surface area contributed by atoms with E-state index >= 15 is 0 Å². The zero-order valence-electron chi connectivity index (χ0n) is 23.5. The maximum Gasteiger partial charge on any atom is 0.303 e. The van der Waals surface area contributed by atoms with Gasteiger partial charge < -0.3 is 26.0 Å². The quantitative estimate of drug-likeness (QED) is 0.119. The summed E-state index contributed by atoms with van der Waals surface area (Å²) in [5, 5.41) is 9.14. The minimum absolute atomic E-state index is 0.146. The van der Waals surface area contributed by atoms with Crippen molar-refractivity contribution in [3.05, 3.63) is 137 Å². The molecular weight excluding hydrogens is 598 g/mol. The van der Waals surface area contributed by atoms with Gasteiger partial charge >= 0.3 is 5.97 Å². The van der Waals surface area contributed by atoms with E-state index in [-0.39, 0.29) is 12.0 Å². The smallest absolute Gasteiger partial charge is 0.303 e. The third-order valence-electron chi connectivity index (χ3n) is 6.27. The summed E-state index contributed by atoms with van der Waals surface area (Å²) in [5.41, 5.74) is 15.0. The molecule has 5 aromatic carbocycles. The molecule has 5 aromatic rings. The van der Waals surface area contributed by atoms with Crippen LogP contribution in [0, 0.1) is 0 Å². The van der Waals surface area contributed by atoms with Crippen molar-refractivity contribution in [3.8, 4) is 22.6 Å². The van der Waals surface area contributed by atoms with Gasteiger partial charge in [-0.05, 0) is 72.1 Å². The Hall–Kier alpha value is -5.12. The van der Waals surface area contributed by atoms with Gasteiger partial charge in [0.05, 0.1) is 16.1 Å². The highest BCUT2D eigenvalue weighted by Gasteiger charge is 2.12. The van der Waals surface area contributed by atoms with Crippen LogP contribution < -0.4 is 20.9 Å². The number of halogens is 1. The number of rotatable bonds is 10. The van der Waals surface area contributed by atoms with Crippen LogP contribution in [0.3, 0.4) is 0 Å². The van der Waals surface area contributed by atoms with Crippen LogP contribution in [-0.4, -0.2) is 21.2 Å². The van der Waals surface area contributed by atoms with E-state index in [2.05, 4.69) is 4.72 Å². The Balaban J connectivity index is 0.000000204. The van der Waals surface area contributed by atoms with Gasteiger partial charge in [0.15, 0.2) is 0 Å². The fourth-order valence-corrected chi connectivity index (χ4v) is 5.22. The van der Waals surface area contributed by atoms with Gasteiger partial charge in [0.25, 0.3) is 5.91 Å². The second-order valence-corrected chi connectivity index (χ2v) is 11.1. The minimum atomic E-state index is -1.56. The summed E-state index contributed by atoms with van der Waals surface area (Å²) in [6.07, 6.45) is 0.685. The number of aliphatic carboxylic acids is 1. The number of ether oxygens (including phenoxy) is 1. The molecule has 10 heteroatoms. The highest BCUT2D eigenvalue weighted by atomic mass is 35.5. The molecule has 1 unspecified atom stereocenters. The zero-order chi connectivity index (χ0) is 31.5. The van der Waals surface area contributed by atoms with Crippen molar-refractivity contribution in [2.45, 2.75) is 17.7 Å². The molecule has 0 saturated heterocycles. The number of carbonyl (C=O) groups is 2. The van der Waals surface area contributed by atoms with E-state index in [4.69, 9.17) is 32.9 Å². The fourth-order valence-electron chi connectivity index (χ4n) is 4.11. The van der Waals surface area contributed by atoms with Crippen LogP contribution in [0.2, 0.25) is 5.02 Å². The Kier molecular flexibility index (Phi) is 11.1. The number of nitrogens with two attached hydrogens (primary N) is 2. The number of carbonyl (C=O) groups excluding carboxylic acids is 1. The lowest BCUT2D eigenvalue weighted by Gasteiger charge is -2.11. The number of primary amides is 1. The third-order valence-corrected chi connectivity index (χ3v) is 7.59. The molecule has 0 bridgehead atoms. The highest BCUT2D eigenvalue weighted by molar-refractivity contribution is 7.86. The second kappa shape index (κ2) is 15.4. The molecule has 0 saturated carbocycles. The first kappa shape index (κ1) is 31.8. The molecule has 44 heavy (non-hydrogen) atoms. The molecule has 1 amide bonds. The third kappa shape index (κ3) is 9.19. The number of benzene rings is 5. The Morgan fingerprint density at radius 2 is 1.55 bits per heavy atom. The number of hydrogen-bond donors (Lipinski definition) is 4. The van der Waals surface area contributed by atoms with Crippen LogP contribution in [0.15, 0.2) is 126 Å². The van der Waals surface area contributed by atoms with Gasteiger partial charge in [-0.2, -0.15) is 0 Å². The largest absolute Gasteiger partial charge is 0.481 e. The molecule has 6 N–H and O–H groups in total. The summed E-state index contributed by atoms with van der Waals surface area (Å²) in [6, 6.07) is 36.7. The minimum Gasteiger partial charge on any atom is -0.481 e. The molecule has 0 aliphatic rings. The van der Waals surface area contributed by atoms with Gasteiger partial charge in [-0.1, -0.05) is 78.3 Å². The number of aryl methyl sites for hydroxylation is 1. The average Bonchev–Trinajstić information content (AvgIpc) is 3.02. The lowest BCUT2D eigenvalue weighted by Crippen LogP contribution is -2.15. The lowest BCUT2D eigenvalue weighted by molar-refractivity contribution is -0.136. The Morgan fingerprint density at radius 1 is 0.841 bits per heavy atom. The monoisotopic (exact) mass is 627 g/mol. The van der Waals surface area contributed by atoms with E-state index in [9.17, 15) is 13.8 Å². The van der Waals surface area contributed by atoms with Crippen LogP contribution in [0.1, 0.15) is 22.3 Å². The van der Waals surface area contributed by atoms with Crippen LogP contribution >= 0.6 is 11.6 Å². The molecule has 0 spiro atoms. The summed E-state index contributed by atoms with van der Waals surface area (Å²) in [7, 11) is -1.56. The Labute approximate surface area is 262 Å². The van der Waals surface area contributed by atoms with E-state index in [1.54, 1.807) is 36.4 Å². The maximum absolute atomic E-state index is 12.2. The lowest BCUT2D eigenvalue weighted by atomic mass is 10.0. The first-order valence-electron chi connectivity index (χ1n) is 13.5. The van der Waals surface area contributed by atoms with Crippen LogP contribution in [-0.2, 0) is 22.2 Å². The number of para-hydroxylation sites is 2. The zero-order valence-corrected chi connectivity index (χ0v) is 25.1. The maximum atomic E-state index is 12.2. The van der Waals surface area contributed by atoms with Gasteiger partial charge in [0.1, 0.15) is 22.5 Å². The van der Waals surface area contributed by atoms with E-state index < -0.39 is 22.9 Å². The molecule has 1 atom stereocenters. The fraction of sp³-hybridized carbons (Fsp3) is 0.0588. The number of anilines is 2. The predicted octanol–water partition coefficient (Wildman–Crippen LogP) is 7.32. The molecule has 0 radical (unpaired) electrons. The van der Waals surface area contributed by atoms with Crippen molar-refractivity contribution < 1.29 is 23.6 Å². The number of nitrogens with one attached hydrogen (secondary N) is 1. The van der Waals surface area contributed by atoms with E-state index in [0.29, 0.717) is 27.7 Å². The summed E-state index contributed by atoms with van der Waals surface area (Å²) in [6.45, 7) is 0. The van der Waals surface area contributed by atoms with Crippen molar-refractivity contribution in [2.75, 3.05) is 10.5 Å². The molecule has 0 aromatic heterocycles. The van der Waals surface area contributed by atoms with Crippen LogP contribution in [0.4, 0.5) is 11.4 Å². The molecule has 224 valence electrons. The SMILES string of the molecule is NC(=O)c1cc(Cl)ccc1NS(=O)c1cccc(N)c1.O=C(O)CCc1ccc(-c2ccccc2Oc2ccccc2)cc1. The number of nitrogen functional groups attached to an aromatic ring is 1. The predicted molar refractivity (Wildman–Crippen MR) is 175 cm³/mol. The second-order valence-electron chi connectivity index (χ2n) is 9.50. The van der Waals surface area contributed by atoms with Crippen LogP contribution in [0.5, 0.6) is 11.5 Å². The number of amides is 1. The van der Waals surface area contributed by atoms with Gasteiger partial charge in [0, 0.05) is 22.7 Å². The molecule has 0 heterocycles. The van der Waals surface area contributed by atoms with Crippen molar-refractivity contribution in [1.82, 2.24) is 0 Å².